The number of aliphatic carboxylic acids is 1. The van der Waals surface area contributed by atoms with Crippen molar-refractivity contribution in [1.82, 2.24) is 4.90 Å². The molecule has 50 heavy (non-hydrogen) atoms. The van der Waals surface area contributed by atoms with Crippen molar-refractivity contribution >= 4 is 58.5 Å². The molecule has 2 aromatic rings. The first-order chi connectivity index (χ1) is 23.5. The molecule has 6 rings (SSSR count). The van der Waals surface area contributed by atoms with Crippen molar-refractivity contribution in [2.24, 2.45) is 17.8 Å². The predicted octanol–water partition coefficient (Wildman–Crippen LogP) is 5.30. The molecule has 2 aliphatic heterocycles. The summed E-state index contributed by atoms with van der Waals surface area (Å²) in [4.78, 5) is 62.1. The van der Waals surface area contributed by atoms with Gasteiger partial charge in [0.05, 0.1) is 18.9 Å². The maximum absolute atomic E-state index is 15.2. The van der Waals surface area contributed by atoms with Gasteiger partial charge in [0.15, 0.2) is 33.0 Å². The number of benzene rings is 2. The maximum Gasteiger partial charge on any atom is 0.303 e. The fraction of sp³-hybridized carbons (Fsp3) is 0.424. The fourth-order valence-corrected chi connectivity index (χ4v) is 8.74. The van der Waals surface area contributed by atoms with E-state index in [0.717, 1.165) is 11.0 Å². The third-order valence-electron chi connectivity index (χ3n) is 10.1. The van der Waals surface area contributed by atoms with Gasteiger partial charge in [-0.25, -0.2) is 26.9 Å². The zero-order valence-corrected chi connectivity index (χ0v) is 27.5. The molecule has 0 radical (unpaired) electrons. The van der Waals surface area contributed by atoms with Crippen LogP contribution in [0.5, 0.6) is 11.5 Å². The molecule has 0 bridgehead atoms. The summed E-state index contributed by atoms with van der Waals surface area (Å²) in [6.07, 6.45) is 1.67. The number of ether oxygens (including phenoxy) is 1. The van der Waals surface area contributed by atoms with E-state index in [-0.39, 0.29) is 41.2 Å². The van der Waals surface area contributed by atoms with Gasteiger partial charge >= 0.3 is 5.97 Å². The normalized spacial score (nSPS) is 28.8. The summed E-state index contributed by atoms with van der Waals surface area (Å²) in [5.41, 5.74) is -1.87. The summed E-state index contributed by atoms with van der Waals surface area (Å²) in [7, 11) is 1.30. The van der Waals surface area contributed by atoms with Crippen LogP contribution in [0.25, 0.3) is 0 Å². The zero-order valence-electron chi connectivity index (χ0n) is 26.0. The van der Waals surface area contributed by atoms with Crippen molar-refractivity contribution in [3.05, 3.63) is 64.5 Å². The lowest BCUT2D eigenvalue weighted by molar-refractivity contribution is -0.141. The lowest BCUT2D eigenvalue weighted by atomic mass is 9.56. The van der Waals surface area contributed by atoms with E-state index in [1.165, 1.54) is 25.3 Å². The van der Waals surface area contributed by atoms with Crippen LogP contribution in [0.1, 0.15) is 50.0 Å². The number of amides is 4. The molecule has 4 aliphatic rings. The fourth-order valence-electron chi connectivity index (χ4n) is 7.82. The highest BCUT2D eigenvalue weighted by molar-refractivity contribution is 6.58. The van der Waals surface area contributed by atoms with Crippen molar-refractivity contribution in [3.8, 4) is 11.5 Å². The van der Waals surface area contributed by atoms with Gasteiger partial charge in [0, 0.05) is 30.5 Å². The molecule has 2 saturated heterocycles. The standard InChI is InChI=1S/C33H27Cl2F5N2O8/c1-50-13-6-7-15(18(43)11-13)21-14-8-9-16-20(29(47)41(28(16)46)10-4-2-3-5-19(44)45)17(14)12-32(34)30(48)42(31(49)33(21,32)35)27-25(39)23(37)22(36)24(38)26(27)40/h6-8,11,16-17,20-21,43H,2-5,9-10,12H2,1H3,(H,44,45). The Labute approximate surface area is 290 Å². The van der Waals surface area contributed by atoms with Crippen LogP contribution in [0.3, 0.4) is 0 Å². The minimum Gasteiger partial charge on any atom is -0.508 e. The molecule has 10 nitrogen and oxygen atoms in total. The average Bonchev–Trinajstić information content (AvgIpc) is 3.40. The highest BCUT2D eigenvalue weighted by Crippen LogP contribution is 2.66. The van der Waals surface area contributed by atoms with Crippen LogP contribution in [-0.4, -0.2) is 68.1 Å². The van der Waals surface area contributed by atoms with Gasteiger partial charge in [-0.2, -0.15) is 0 Å². The number of unbranched alkanes of at least 4 members (excludes halogenated alkanes) is 2. The summed E-state index contributed by atoms with van der Waals surface area (Å²) >= 11 is 14.1. The minimum absolute atomic E-state index is 0.0358. The second kappa shape index (κ2) is 12.5. The van der Waals surface area contributed by atoms with Gasteiger partial charge in [0.2, 0.25) is 17.6 Å². The van der Waals surface area contributed by atoms with Crippen LogP contribution in [0.2, 0.25) is 0 Å². The summed E-state index contributed by atoms with van der Waals surface area (Å²) < 4.78 is 78.2. The number of fused-ring (bicyclic) bond motifs is 4. The summed E-state index contributed by atoms with van der Waals surface area (Å²) in [6.45, 7) is -0.0358. The van der Waals surface area contributed by atoms with Crippen LogP contribution >= 0.6 is 23.2 Å². The molecule has 2 heterocycles. The number of hydrogen-bond acceptors (Lipinski definition) is 7. The third-order valence-corrected chi connectivity index (χ3v) is 11.5. The molecular formula is C33H27Cl2F5N2O8. The SMILES string of the molecule is COc1ccc(C2C3=CCC4C(=O)N(CCCCCC(=O)O)C(=O)C4C3CC3(Cl)C(=O)N(c4c(F)c(F)c(F)c(F)c4F)C(=O)C23Cl)c(O)c1. The number of anilines is 1. The summed E-state index contributed by atoms with van der Waals surface area (Å²) in [5.74, 6) is -23.2. The van der Waals surface area contributed by atoms with Gasteiger partial charge < -0.3 is 14.9 Å². The van der Waals surface area contributed by atoms with Gasteiger partial charge in [-0.1, -0.05) is 24.1 Å². The smallest absolute Gasteiger partial charge is 0.303 e. The van der Waals surface area contributed by atoms with Crippen LogP contribution < -0.4 is 9.64 Å². The molecule has 4 amide bonds. The highest BCUT2D eigenvalue weighted by atomic mass is 35.5. The van der Waals surface area contributed by atoms with Crippen molar-refractivity contribution < 1.29 is 60.9 Å². The number of allylic oxidation sites excluding steroid dienone is 2. The molecular weight excluding hydrogens is 718 g/mol. The second-order valence-corrected chi connectivity index (χ2v) is 13.9. The number of aromatic hydroxyl groups is 1. The lowest BCUT2D eigenvalue weighted by Crippen LogP contribution is -2.60. The topological polar surface area (TPSA) is 142 Å². The number of likely N-dealkylation sites (tertiary alicyclic amines) is 1. The molecule has 3 fully saturated rings. The van der Waals surface area contributed by atoms with E-state index < -0.39 is 110 Å². The monoisotopic (exact) mass is 744 g/mol. The third kappa shape index (κ3) is 4.90. The van der Waals surface area contributed by atoms with E-state index in [4.69, 9.17) is 33.0 Å². The minimum atomic E-state index is -2.78. The number of carboxylic acid groups (broad SMARTS) is 1. The van der Waals surface area contributed by atoms with Gasteiger partial charge in [0.25, 0.3) is 11.8 Å². The summed E-state index contributed by atoms with van der Waals surface area (Å²) in [5, 5.41) is 20.1. The van der Waals surface area contributed by atoms with Crippen molar-refractivity contribution in [1.29, 1.82) is 0 Å². The molecule has 0 spiro atoms. The Morgan fingerprint density at radius 2 is 1.56 bits per heavy atom. The van der Waals surface area contributed by atoms with E-state index >= 15 is 8.78 Å². The molecule has 2 aromatic carbocycles. The quantitative estimate of drug-likeness (QED) is 0.0670. The van der Waals surface area contributed by atoms with Crippen LogP contribution in [0.15, 0.2) is 29.8 Å². The van der Waals surface area contributed by atoms with Crippen molar-refractivity contribution in [3.63, 3.8) is 0 Å². The Morgan fingerprint density at radius 1 is 0.920 bits per heavy atom. The van der Waals surface area contributed by atoms with Crippen molar-refractivity contribution in [2.45, 2.75) is 54.2 Å². The Morgan fingerprint density at radius 3 is 2.16 bits per heavy atom. The van der Waals surface area contributed by atoms with E-state index in [2.05, 4.69) is 0 Å². The molecule has 2 aliphatic carbocycles. The van der Waals surface area contributed by atoms with Crippen LogP contribution in [0, 0.1) is 46.8 Å². The Kier molecular flexibility index (Phi) is 8.91. The highest BCUT2D eigenvalue weighted by Gasteiger charge is 2.77. The molecule has 6 unspecified atom stereocenters. The average molecular weight is 745 g/mol. The number of halogens is 7. The Bertz CT molecular complexity index is 1880. The second-order valence-electron chi connectivity index (χ2n) is 12.7. The molecule has 6 atom stereocenters. The van der Waals surface area contributed by atoms with E-state index in [1.807, 2.05) is 0 Å². The number of methoxy groups -OCH3 is 1. The number of imide groups is 2. The van der Waals surface area contributed by atoms with Gasteiger partial charge in [-0.15, -0.1) is 23.2 Å². The first-order valence-corrected chi connectivity index (χ1v) is 16.2. The molecule has 17 heteroatoms. The van der Waals surface area contributed by atoms with Gasteiger partial charge in [-0.05, 0) is 37.7 Å². The number of hydrogen-bond donors (Lipinski definition) is 2. The van der Waals surface area contributed by atoms with Crippen LogP contribution in [0.4, 0.5) is 27.6 Å². The number of phenolic OH excluding ortho intramolecular Hbond substituents is 1. The number of alkyl halides is 2. The number of nitrogens with zero attached hydrogens (tertiary/aromatic N) is 2. The number of rotatable bonds is 9. The predicted molar refractivity (Wildman–Crippen MR) is 164 cm³/mol. The molecule has 266 valence electrons. The summed E-state index contributed by atoms with van der Waals surface area (Å²) in [6, 6.07) is 3.78. The van der Waals surface area contributed by atoms with Crippen LogP contribution in [-0.2, 0) is 24.0 Å². The van der Waals surface area contributed by atoms with E-state index in [0.29, 0.717) is 19.3 Å². The zero-order chi connectivity index (χ0) is 36.6. The molecule has 2 N–H and O–H groups in total. The Balaban J connectivity index is 1.48. The number of phenols is 1. The van der Waals surface area contributed by atoms with Crippen molar-refractivity contribution in [2.75, 3.05) is 18.6 Å². The maximum atomic E-state index is 15.2. The van der Waals surface area contributed by atoms with Gasteiger partial charge in [0.1, 0.15) is 17.2 Å². The Hall–Kier alpha value is -4.24. The number of carboxylic acids is 1. The van der Waals surface area contributed by atoms with E-state index in [1.54, 1.807) is 0 Å². The van der Waals surface area contributed by atoms with E-state index in [9.17, 15) is 42.3 Å². The first kappa shape index (κ1) is 35.6. The largest absolute Gasteiger partial charge is 0.508 e. The molecule has 0 aromatic heterocycles. The van der Waals surface area contributed by atoms with Gasteiger partial charge in [-0.3, -0.25) is 28.9 Å². The first-order valence-electron chi connectivity index (χ1n) is 15.4. The molecule has 1 saturated carbocycles. The lowest BCUT2D eigenvalue weighted by Gasteiger charge is -2.50. The number of carbonyl (C=O) groups is 5. The number of carbonyl (C=O) groups excluding carboxylic acids is 4.